The molecule has 0 saturated carbocycles. The molecule has 4 nitrogen and oxygen atoms in total. The zero-order valence-corrected chi connectivity index (χ0v) is 11.2. The van der Waals surface area contributed by atoms with E-state index >= 15 is 0 Å². The third-order valence-corrected chi connectivity index (χ3v) is 2.72. The lowest BCUT2D eigenvalue weighted by Gasteiger charge is -2.08. The molecule has 0 aliphatic carbocycles. The highest BCUT2D eigenvalue weighted by Gasteiger charge is 2.09. The van der Waals surface area contributed by atoms with Crippen LogP contribution in [0.2, 0.25) is 0 Å². The van der Waals surface area contributed by atoms with Crippen LogP contribution in [-0.2, 0) is 9.53 Å². The molecule has 0 fully saturated rings. The zero-order chi connectivity index (χ0) is 14.4. The number of ether oxygens (including phenoxy) is 1. The van der Waals surface area contributed by atoms with Crippen LogP contribution < -0.4 is 5.73 Å². The number of pyridine rings is 1. The third kappa shape index (κ3) is 3.45. The SMILES string of the molecule is CCOC(=O)C=C(c1cccnc1)c1cccc(N)c1. The fraction of sp³-hybridized carbons (Fsp3) is 0.125. The molecular formula is C16H16N2O2. The Morgan fingerprint density at radius 3 is 2.75 bits per heavy atom. The van der Waals surface area contributed by atoms with Gasteiger partial charge in [0, 0.05) is 29.7 Å². The number of nitrogens with two attached hydrogens (primary N) is 1. The number of aromatic nitrogens is 1. The first-order chi connectivity index (χ1) is 9.70. The van der Waals surface area contributed by atoms with Crippen molar-refractivity contribution >= 4 is 17.2 Å². The second-order valence-electron chi connectivity index (χ2n) is 4.18. The molecule has 0 bridgehead atoms. The molecule has 0 amide bonds. The highest BCUT2D eigenvalue weighted by molar-refractivity contribution is 5.96. The molecule has 0 atom stereocenters. The van der Waals surface area contributed by atoms with Gasteiger partial charge < -0.3 is 10.5 Å². The van der Waals surface area contributed by atoms with Crippen molar-refractivity contribution in [2.24, 2.45) is 0 Å². The van der Waals surface area contributed by atoms with Gasteiger partial charge in [0.1, 0.15) is 0 Å². The summed E-state index contributed by atoms with van der Waals surface area (Å²) in [7, 11) is 0. The molecule has 1 heterocycles. The quantitative estimate of drug-likeness (QED) is 0.526. The molecule has 1 aromatic heterocycles. The normalized spacial score (nSPS) is 11.2. The summed E-state index contributed by atoms with van der Waals surface area (Å²) in [4.78, 5) is 15.8. The molecule has 2 N–H and O–H groups in total. The maximum Gasteiger partial charge on any atom is 0.331 e. The number of rotatable bonds is 4. The van der Waals surface area contributed by atoms with Crippen LogP contribution in [0.5, 0.6) is 0 Å². The second-order valence-corrected chi connectivity index (χ2v) is 4.18. The van der Waals surface area contributed by atoms with Gasteiger partial charge in [0.25, 0.3) is 0 Å². The summed E-state index contributed by atoms with van der Waals surface area (Å²) in [5.74, 6) is -0.381. The Morgan fingerprint density at radius 1 is 1.30 bits per heavy atom. The monoisotopic (exact) mass is 268 g/mol. The minimum atomic E-state index is -0.381. The molecule has 0 unspecified atom stereocenters. The Bertz CT molecular complexity index is 621. The van der Waals surface area contributed by atoms with Crippen molar-refractivity contribution in [2.45, 2.75) is 6.92 Å². The molecule has 0 spiro atoms. The minimum Gasteiger partial charge on any atom is -0.463 e. The highest BCUT2D eigenvalue weighted by atomic mass is 16.5. The van der Waals surface area contributed by atoms with E-state index in [0.717, 1.165) is 16.7 Å². The standard InChI is InChI=1S/C16H16N2O2/c1-2-20-16(19)10-15(13-6-4-8-18-11-13)12-5-3-7-14(17)9-12/h3-11H,2,17H2,1H3. The van der Waals surface area contributed by atoms with Crippen LogP contribution >= 0.6 is 0 Å². The summed E-state index contributed by atoms with van der Waals surface area (Å²) in [6.07, 6.45) is 4.86. The predicted molar refractivity (Wildman–Crippen MR) is 78.8 cm³/mol. The number of esters is 1. The maximum absolute atomic E-state index is 11.7. The lowest BCUT2D eigenvalue weighted by atomic mass is 9.98. The summed E-state index contributed by atoms with van der Waals surface area (Å²) in [6.45, 7) is 2.11. The Morgan fingerprint density at radius 2 is 2.10 bits per heavy atom. The van der Waals surface area contributed by atoms with Gasteiger partial charge in [0.15, 0.2) is 0 Å². The highest BCUT2D eigenvalue weighted by Crippen LogP contribution is 2.24. The van der Waals surface area contributed by atoms with E-state index < -0.39 is 0 Å². The van der Waals surface area contributed by atoms with Crippen LogP contribution in [-0.4, -0.2) is 17.6 Å². The number of hydrogen-bond donors (Lipinski definition) is 1. The number of carbonyl (C=O) groups is 1. The van der Waals surface area contributed by atoms with Crippen LogP contribution in [0.4, 0.5) is 5.69 Å². The van der Waals surface area contributed by atoms with Gasteiger partial charge in [-0.25, -0.2) is 4.79 Å². The van der Waals surface area contributed by atoms with Gasteiger partial charge in [-0.1, -0.05) is 18.2 Å². The number of nitrogen functional groups attached to an aromatic ring is 1. The summed E-state index contributed by atoms with van der Waals surface area (Å²) in [5.41, 5.74) is 8.88. The van der Waals surface area contributed by atoms with E-state index in [1.54, 1.807) is 25.4 Å². The van der Waals surface area contributed by atoms with Gasteiger partial charge in [0.05, 0.1) is 6.61 Å². The van der Waals surface area contributed by atoms with Crippen molar-refractivity contribution in [2.75, 3.05) is 12.3 Å². The van der Waals surface area contributed by atoms with Crippen LogP contribution in [0.15, 0.2) is 54.9 Å². The van der Waals surface area contributed by atoms with E-state index in [2.05, 4.69) is 4.98 Å². The second kappa shape index (κ2) is 6.52. The molecule has 1 aromatic carbocycles. The Kier molecular flexibility index (Phi) is 4.50. The van der Waals surface area contributed by atoms with Gasteiger partial charge in [-0.15, -0.1) is 0 Å². The maximum atomic E-state index is 11.7. The van der Waals surface area contributed by atoms with Crippen molar-refractivity contribution in [3.63, 3.8) is 0 Å². The van der Waals surface area contributed by atoms with Crippen molar-refractivity contribution in [1.29, 1.82) is 0 Å². The van der Waals surface area contributed by atoms with Crippen LogP contribution in [0, 0.1) is 0 Å². The largest absolute Gasteiger partial charge is 0.463 e. The average molecular weight is 268 g/mol. The number of anilines is 1. The summed E-state index contributed by atoms with van der Waals surface area (Å²) < 4.78 is 4.98. The topological polar surface area (TPSA) is 65.2 Å². The molecule has 2 rings (SSSR count). The number of benzene rings is 1. The lowest BCUT2D eigenvalue weighted by Crippen LogP contribution is -2.02. The zero-order valence-electron chi connectivity index (χ0n) is 11.2. The molecule has 0 saturated heterocycles. The Labute approximate surface area is 117 Å². The fourth-order valence-corrected chi connectivity index (χ4v) is 1.86. The van der Waals surface area contributed by atoms with Gasteiger partial charge in [0.2, 0.25) is 0 Å². The minimum absolute atomic E-state index is 0.340. The van der Waals surface area contributed by atoms with E-state index in [1.807, 2.05) is 30.3 Å². The average Bonchev–Trinajstić information content (AvgIpc) is 2.46. The van der Waals surface area contributed by atoms with E-state index in [4.69, 9.17) is 10.5 Å². The molecule has 0 aliphatic heterocycles. The molecule has 4 heteroatoms. The third-order valence-electron chi connectivity index (χ3n) is 2.72. The molecule has 2 aromatic rings. The van der Waals surface area contributed by atoms with Crippen LogP contribution in [0.3, 0.4) is 0 Å². The molecule has 0 radical (unpaired) electrons. The van der Waals surface area contributed by atoms with Crippen LogP contribution in [0.1, 0.15) is 18.1 Å². The van der Waals surface area contributed by atoms with Crippen molar-refractivity contribution < 1.29 is 9.53 Å². The first-order valence-corrected chi connectivity index (χ1v) is 6.35. The van der Waals surface area contributed by atoms with Gasteiger partial charge in [-0.05, 0) is 36.3 Å². The number of nitrogens with zero attached hydrogens (tertiary/aromatic N) is 1. The summed E-state index contributed by atoms with van der Waals surface area (Å²) in [6, 6.07) is 11.1. The van der Waals surface area contributed by atoms with Crippen molar-refractivity contribution in [3.8, 4) is 0 Å². The first kappa shape index (κ1) is 13.8. The van der Waals surface area contributed by atoms with Gasteiger partial charge in [-0.2, -0.15) is 0 Å². The van der Waals surface area contributed by atoms with E-state index in [1.165, 1.54) is 6.08 Å². The van der Waals surface area contributed by atoms with Gasteiger partial charge >= 0.3 is 5.97 Å². The Hall–Kier alpha value is -2.62. The fourth-order valence-electron chi connectivity index (χ4n) is 1.86. The Balaban J connectivity index is 2.47. The van der Waals surface area contributed by atoms with E-state index in [0.29, 0.717) is 12.3 Å². The van der Waals surface area contributed by atoms with E-state index in [9.17, 15) is 4.79 Å². The predicted octanol–water partition coefficient (Wildman–Crippen LogP) is 2.66. The van der Waals surface area contributed by atoms with Gasteiger partial charge in [-0.3, -0.25) is 4.98 Å². The molecule has 20 heavy (non-hydrogen) atoms. The van der Waals surface area contributed by atoms with Crippen molar-refractivity contribution in [1.82, 2.24) is 4.98 Å². The molecular weight excluding hydrogens is 252 g/mol. The van der Waals surface area contributed by atoms with E-state index in [-0.39, 0.29) is 5.97 Å². The van der Waals surface area contributed by atoms with Crippen molar-refractivity contribution in [3.05, 3.63) is 66.0 Å². The molecule has 0 aliphatic rings. The summed E-state index contributed by atoms with van der Waals surface area (Å²) in [5, 5.41) is 0. The lowest BCUT2D eigenvalue weighted by molar-refractivity contribution is -0.137. The first-order valence-electron chi connectivity index (χ1n) is 6.35. The summed E-state index contributed by atoms with van der Waals surface area (Å²) >= 11 is 0. The molecule has 102 valence electrons. The number of hydrogen-bond acceptors (Lipinski definition) is 4. The smallest absolute Gasteiger partial charge is 0.331 e. The number of carbonyl (C=O) groups excluding carboxylic acids is 1. The van der Waals surface area contributed by atoms with Crippen LogP contribution in [0.25, 0.3) is 5.57 Å².